The number of nitrogens with two attached hydrogens (primary N) is 1. The second kappa shape index (κ2) is 4.45. The predicted octanol–water partition coefficient (Wildman–Crippen LogP) is 0.779. The fourth-order valence-corrected chi connectivity index (χ4v) is 1.87. The Hall–Kier alpha value is -2.42. The number of hydrogen-bond donors (Lipinski definition) is 1. The maximum absolute atomic E-state index is 5.63. The second-order valence-electron chi connectivity index (χ2n) is 3.13. The van der Waals surface area contributed by atoms with E-state index >= 15 is 0 Å². The molecule has 0 bridgehead atoms. The largest absolute Gasteiger partial charge is 0.440 e. The van der Waals surface area contributed by atoms with Crippen LogP contribution in [0.5, 0.6) is 0 Å². The van der Waals surface area contributed by atoms with Gasteiger partial charge in [0, 0.05) is 24.2 Å². The molecule has 0 aliphatic heterocycles. The second-order valence-corrected chi connectivity index (χ2v) is 4.05. The minimum Gasteiger partial charge on any atom is -0.440 e. The maximum Gasteiger partial charge on any atom is 0.263 e. The van der Waals surface area contributed by atoms with Gasteiger partial charge < -0.3 is 10.2 Å². The Labute approximate surface area is 105 Å². The molecule has 0 radical (unpaired) electrons. The van der Waals surface area contributed by atoms with E-state index in [4.69, 9.17) is 10.2 Å². The average molecular weight is 261 g/mol. The summed E-state index contributed by atoms with van der Waals surface area (Å²) in [5.41, 5.74) is 5.63. The van der Waals surface area contributed by atoms with E-state index in [2.05, 4.69) is 25.0 Å². The third-order valence-electron chi connectivity index (χ3n) is 1.92. The SMILES string of the molecule is Nc1nc(Sc2ncco2)nc(-n2cccn2)n1. The van der Waals surface area contributed by atoms with Crippen molar-refractivity contribution in [2.45, 2.75) is 10.4 Å². The molecule has 3 rings (SSSR count). The Morgan fingerprint density at radius 2 is 2.17 bits per heavy atom. The summed E-state index contributed by atoms with van der Waals surface area (Å²) in [6, 6.07) is 1.76. The lowest BCUT2D eigenvalue weighted by Gasteiger charge is -2.02. The summed E-state index contributed by atoms with van der Waals surface area (Å²) in [6.07, 6.45) is 6.36. The van der Waals surface area contributed by atoms with Gasteiger partial charge in [-0.2, -0.15) is 20.1 Å². The summed E-state index contributed by atoms with van der Waals surface area (Å²) in [6.45, 7) is 0. The van der Waals surface area contributed by atoms with Gasteiger partial charge >= 0.3 is 0 Å². The molecule has 90 valence electrons. The molecule has 0 aromatic carbocycles. The van der Waals surface area contributed by atoms with Crippen LogP contribution in [-0.2, 0) is 0 Å². The Balaban J connectivity index is 1.96. The minimum atomic E-state index is 0.115. The minimum absolute atomic E-state index is 0.115. The van der Waals surface area contributed by atoms with Gasteiger partial charge in [-0.25, -0.2) is 9.67 Å². The average Bonchev–Trinajstić information content (AvgIpc) is 3.00. The highest BCUT2D eigenvalue weighted by molar-refractivity contribution is 7.98. The molecule has 3 aromatic heterocycles. The zero-order valence-electron chi connectivity index (χ0n) is 8.96. The first-order valence-corrected chi connectivity index (χ1v) is 5.72. The van der Waals surface area contributed by atoms with Crippen LogP contribution in [-0.4, -0.2) is 29.7 Å². The van der Waals surface area contributed by atoms with Crippen LogP contribution in [0.2, 0.25) is 0 Å². The quantitative estimate of drug-likeness (QED) is 0.736. The van der Waals surface area contributed by atoms with Crippen LogP contribution in [0.4, 0.5) is 5.95 Å². The van der Waals surface area contributed by atoms with Crippen molar-refractivity contribution < 1.29 is 4.42 Å². The third kappa shape index (κ3) is 2.15. The number of rotatable bonds is 3. The molecule has 0 spiro atoms. The molecule has 0 unspecified atom stereocenters. The van der Waals surface area contributed by atoms with Crippen molar-refractivity contribution in [3.05, 3.63) is 30.9 Å². The van der Waals surface area contributed by atoms with Crippen molar-refractivity contribution in [2.75, 3.05) is 5.73 Å². The summed E-state index contributed by atoms with van der Waals surface area (Å²) >= 11 is 1.16. The molecule has 2 N–H and O–H groups in total. The first kappa shape index (κ1) is 10.7. The zero-order chi connectivity index (χ0) is 12.4. The van der Waals surface area contributed by atoms with Crippen molar-refractivity contribution in [3.63, 3.8) is 0 Å². The van der Waals surface area contributed by atoms with Crippen LogP contribution in [0.1, 0.15) is 0 Å². The van der Waals surface area contributed by atoms with Crippen LogP contribution in [0, 0.1) is 0 Å². The van der Waals surface area contributed by atoms with Crippen LogP contribution >= 0.6 is 11.8 Å². The highest BCUT2D eigenvalue weighted by Gasteiger charge is 2.10. The number of nitrogen functional groups attached to an aromatic ring is 1. The van der Waals surface area contributed by atoms with Crippen molar-refractivity contribution in [1.82, 2.24) is 29.7 Å². The predicted molar refractivity (Wildman–Crippen MR) is 62.0 cm³/mol. The monoisotopic (exact) mass is 261 g/mol. The van der Waals surface area contributed by atoms with Gasteiger partial charge in [0.25, 0.3) is 11.2 Å². The molecule has 0 amide bonds. The van der Waals surface area contributed by atoms with E-state index in [9.17, 15) is 0 Å². The van der Waals surface area contributed by atoms with Gasteiger partial charge in [-0.1, -0.05) is 0 Å². The van der Waals surface area contributed by atoms with E-state index in [1.54, 1.807) is 24.7 Å². The standard InChI is InChI=1S/C9H7N7OS/c10-6-13-7(16-4-1-2-12-16)15-8(14-6)18-9-11-3-5-17-9/h1-5H,(H2,10,13,14,15). The Kier molecular flexibility index (Phi) is 2.65. The van der Waals surface area contributed by atoms with E-state index in [0.29, 0.717) is 16.3 Å². The van der Waals surface area contributed by atoms with Crippen LogP contribution in [0.25, 0.3) is 5.95 Å². The molecule has 3 heterocycles. The fraction of sp³-hybridized carbons (Fsp3) is 0. The first-order valence-electron chi connectivity index (χ1n) is 4.90. The van der Waals surface area contributed by atoms with Gasteiger partial charge in [0.2, 0.25) is 11.1 Å². The normalized spacial score (nSPS) is 10.7. The molecule has 18 heavy (non-hydrogen) atoms. The number of anilines is 1. The van der Waals surface area contributed by atoms with E-state index in [-0.39, 0.29) is 5.95 Å². The number of hydrogen-bond acceptors (Lipinski definition) is 8. The molecule has 0 saturated carbocycles. The maximum atomic E-state index is 5.63. The van der Waals surface area contributed by atoms with Gasteiger partial charge in [0.05, 0.1) is 6.20 Å². The van der Waals surface area contributed by atoms with Gasteiger partial charge in [0.15, 0.2) is 0 Å². The molecular formula is C9H7N7OS. The molecule has 8 nitrogen and oxygen atoms in total. The van der Waals surface area contributed by atoms with Gasteiger partial charge in [-0.05, 0) is 6.07 Å². The summed E-state index contributed by atoms with van der Waals surface area (Å²) in [5.74, 6) is 0.464. The Morgan fingerprint density at radius 1 is 1.22 bits per heavy atom. The van der Waals surface area contributed by atoms with Gasteiger partial charge in [0.1, 0.15) is 6.26 Å². The molecule has 0 aliphatic carbocycles. The van der Waals surface area contributed by atoms with Crippen LogP contribution < -0.4 is 5.73 Å². The van der Waals surface area contributed by atoms with Crippen LogP contribution in [0.3, 0.4) is 0 Å². The number of nitrogens with zero attached hydrogens (tertiary/aromatic N) is 6. The molecule has 0 aliphatic rings. The van der Waals surface area contributed by atoms with E-state index in [1.165, 1.54) is 10.9 Å². The van der Waals surface area contributed by atoms with Crippen molar-refractivity contribution >= 4 is 17.7 Å². The van der Waals surface area contributed by atoms with E-state index < -0.39 is 0 Å². The van der Waals surface area contributed by atoms with Gasteiger partial charge in [-0.3, -0.25) is 0 Å². The van der Waals surface area contributed by atoms with Crippen molar-refractivity contribution in [3.8, 4) is 5.95 Å². The lowest BCUT2D eigenvalue weighted by molar-refractivity contribution is 0.453. The lowest BCUT2D eigenvalue weighted by atomic mass is 10.7. The molecule has 0 fully saturated rings. The van der Waals surface area contributed by atoms with Crippen LogP contribution in [0.15, 0.2) is 45.7 Å². The van der Waals surface area contributed by atoms with Crippen molar-refractivity contribution in [2.24, 2.45) is 0 Å². The summed E-state index contributed by atoms with van der Waals surface area (Å²) in [5, 5.41) is 4.86. The molecule has 9 heteroatoms. The Bertz CT molecular complexity index is 637. The molecule has 0 atom stereocenters. The lowest BCUT2D eigenvalue weighted by Crippen LogP contribution is -2.07. The van der Waals surface area contributed by atoms with E-state index in [0.717, 1.165) is 11.8 Å². The summed E-state index contributed by atoms with van der Waals surface area (Å²) < 4.78 is 6.59. The fourth-order valence-electron chi connectivity index (χ4n) is 1.24. The summed E-state index contributed by atoms with van der Waals surface area (Å²) in [4.78, 5) is 16.2. The van der Waals surface area contributed by atoms with E-state index in [1.807, 2.05) is 0 Å². The molecule has 0 saturated heterocycles. The number of oxazole rings is 1. The van der Waals surface area contributed by atoms with Gasteiger partial charge in [-0.15, -0.1) is 0 Å². The third-order valence-corrected chi connectivity index (χ3v) is 2.66. The molecule has 3 aromatic rings. The topological polar surface area (TPSA) is 109 Å². The highest BCUT2D eigenvalue weighted by Crippen LogP contribution is 2.23. The number of aromatic nitrogens is 6. The molecular weight excluding hydrogens is 254 g/mol. The highest BCUT2D eigenvalue weighted by atomic mass is 32.2. The summed E-state index contributed by atoms with van der Waals surface area (Å²) in [7, 11) is 0. The Morgan fingerprint density at radius 3 is 2.89 bits per heavy atom. The zero-order valence-corrected chi connectivity index (χ0v) is 9.78. The smallest absolute Gasteiger partial charge is 0.263 e. The first-order chi connectivity index (χ1) is 8.81. The van der Waals surface area contributed by atoms with Crippen molar-refractivity contribution in [1.29, 1.82) is 0 Å².